The Hall–Kier alpha value is -1.26. The lowest BCUT2D eigenvalue weighted by Gasteiger charge is -2.17. The van der Waals surface area contributed by atoms with E-state index in [0.717, 1.165) is 17.2 Å². The molecule has 0 saturated carbocycles. The Labute approximate surface area is 103 Å². The van der Waals surface area contributed by atoms with Gasteiger partial charge in [0.15, 0.2) is 0 Å². The number of halogens is 2. The zero-order chi connectivity index (χ0) is 12.4. The largest absolute Gasteiger partial charge is 0.309 e. The Morgan fingerprint density at radius 3 is 2.24 bits per heavy atom. The molecule has 2 rings (SSSR count). The monoisotopic (exact) mass is 253 g/mol. The van der Waals surface area contributed by atoms with Crippen LogP contribution in [0.2, 0.25) is 0 Å². The molecule has 1 unspecified atom stereocenters. The summed E-state index contributed by atoms with van der Waals surface area (Å²) in [5.74, 6) is -1.10. The van der Waals surface area contributed by atoms with E-state index in [1.165, 1.54) is 12.1 Å². The van der Waals surface area contributed by atoms with Gasteiger partial charge in [0, 0.05) is 6.07 Å². The molecule has 1 N–H and O–H groups in total. The van der Waals surface area contributed by atoms with Gasteiger partial charge in [-0.3, -0.25) is 0 Å². The molecule has 0 aliphatic rings. The molecule has 0 amide bonds. The Kier molecular flexibility index (Phi) is 3.54. The molecule has 1 heterocycles. The van der Waals surface area contributed by atoms with E-state index in [0.29, 0.717) is 5.56 Å². The van der Waals surface area contributed by atoms with E-state index in [-0.39, 0.29) is 6.04 Å². The predicted molar refractivity (Wildman–Crippen MR) is 66.3 cm³/mol. The van der Waals surface area contributed by atoms with E-state index >= 15 is 0 Å². The molecule has 1 nitrogen and oxygen atoms in total. The number of thiophene rings is 1. The zero-order valence-electron chi connectivity index (χ0n) is 9.63. The topological polar surface area (TPSA) is 12.0 Å². The van der Waals surface area contributed by atoms with Crippen LogP contribution in [-0.2, 0) is 0 Å². The average Bonchev–Trinajstić information content (AvgIpc) is 2.65. The second-order valence-electron chi connectivity index (χ2n) is 3.93. The number of rotatable bonds is 3. The van der Waals surface area contributed by atoms with Crippen LogP contribution in [0.3, 0.4) is 0 Å². The van der Waals surface area contributed by atoms with Gasteiger partial charge in [-0.25, -0.2) is 8.78 Å². The van der Waals surface area contributed by atoms with Crippen molar-refractivity contribution in [3.8, 4) is 0 Å². The third-order valence-corrected chi connectivity index (χ3v) is 3.59. The van der Waals surface area contributed by atoms with Crippen LogP contribution in [-0.4, -0.2) is 7.05 Å². The van der Waals surface area contributed by atoms with E-state index in [1.807, 2.05) is 17.7 Å². The minimum Gasteiger partial charge on any atom is -0.309 e. The molecule has 0 spiro atoms. The summed E-state index contributed by atoms with van der Waals surface area (Å²) in [6.07, 6.45) is 0. The van der Waals surface area contributed by atoms with Gasteiger partial charge >= 0.3 is 0 Å². The fourth-order valence-corrected chi connectivity index (χ4v) is 2.79. The summed E-state index contributed by atoms with van der Waals surface area (Å²) in [5, 5.41) is 7.11. The number of aryl methyl sites for hydroxylation is 1. The zero-order valence-corrected chi connectivity index (χ0v) is 10.4. The van der Waals surface area contributed by atoms with Crippen molar-refractivity contribution in [2.45, 2.75) is 13.0 Å². The number of hydrogen-bond donors (Lipinski definition) is 1. The fraction of sp³-hybridized carbons (Fsp3) is 0.231. The molecule has 1 aromatic carbocycles. The third kappa shape index (κ3) is 2.53. The molecule has 0 radical (unpaired) electrons. The van der Waals surface area contributed by atoms with Gasteiger partial charge in [-0.2, -0.15) is 11.3 Å². The minimum atomic E-state index is -0.548. The van der Waals surface area contributed by atoms with Gasteiger partial charge in [0.05, 0.1) is 6.04 Å². The van der Waals surface area contributed by atoms with E-state index in [1.54, 1.807) is 18.4 Å². The van der Waals surface area contributed by atoms with Gasteiger partial charge in [0.25, 0.3) is 0 Å². The molecule has 0 bridgehead atoms. The predicted octanol–water partition coefficient (Wildman–Crippen LogP) is 3.64. The van der Waals surface area contributed by atoms with Crippen molar-refractivity contribution < 1.29 is 8.78 Å². The van der Waals surface area contributed by atoms with Crippen molar-refractivity contribution in [3.05, 3.63) is 57.3 Å². The van der Waals surface area contributed by atoms with Gasteiger partial charge < -0.3 is 5.32 Å². The van der Waals surface area contributed by atoms with Crippen LogP contribution in [0.25, 0.3) is 0 Å². The van der Waals surface area contributed by atoms with Crippen molar-refractivity contribution in [2.24, 2.45) is 0 Å². The maximum absolute atomic E-state index is 13.2. The van der Waals surface area contributed by atoms with Crippen LogP contribution in [0, 0.1) is 18.6 Å². The standard InChI is InChI=1S/C13H13F2NS/c1-8-6-17-7-12(8)13(16-2)9-3-10(14)5-11(15)4-9/h3-7,13,16H,1-2H3. The second-order valence-corrected chi connectivity index (χ2v) is 4.68. The summed E-state index contributed by atoms with van der Waals surface area (Å²) in [4.78, 5) is 0. The molecule has 0 fully saturated rings. The highest BCUT2D eigenvalue weighted by Gasteiger charge is 2.16. The smallest absolute Gasteiger partial charge is 0.126 e. The second kappa shape index (κ2) is 4.94. The first kappa shape index (κ1) is 12.2. The van der Waals surface area contributed by atoms with Crippen LogP contribution in [0.4, 0.5) is 8.78 Å². The van der Waals surface area contributed by atoms with Crippen molar-refractivity contribution in [3.63, 3.8) is 0 Å². The Morgan fingerprint density at radius 2 is 1.76 bits per heavy atom. The van der Waals surface area contributed by atoms with Gasteiger partial charge in [-0.1, -0.05) is 0 Å². The molecule has 1 aromatic heterocycles. The molecule has 4 heteroatoms. The van der Waals surface area contributed by atoms with Crippen molar-refractivity contribution in [2.75, 3.05) is 7.05 Å². The van der Waals surface area contributed by atoms with Crippen LogP contribution < -0.4 is 5.32 Å². The fourth-order valence-electron chi connectivity index (χ4n) is 1.91. The third-order valence-electron chi connectivity index (χ3n) is 2.71. The summed E-state index contributed by atoms with van der Waals surface area (Å²) in [7, 11) is 1.78. The van der Waals surface area contributed by atoms with Gasteiger partial charge in [-0.05, 0) is 53.6 Å². The first-order valence-electron chi connectivity index (χ1n) is 5.27. The molecule has 0 aliphatic carbocycles. The number of hydrogen-bond acceptors (Lipinski definition) is 2. The molecular weight excluding hydrogens is 240 g/mol. The Bertz CT molecular complexity index is 502. The van der Waals surface area contributed by atoms with Crippen LogP contribution >= 0.6 is 11.3 Å². The number of benzene rings is 1. The maximum atomic E-state index is 13.2. The lowest BCUT2D eigenvalue weighted by atomic mass is 9.98. The van der Waals surface area contributed by atoms with Crippen LogP contribution in [0.15, 0.2) is 29.0 Å². The highest BCUT2D eigenvalue weighted by atomic mass is 32.1. The average molecular weight is 253 g/mol. The summed E-state index contributed by atoms with van der Waals surface area (Å²) in [6.45, 7) is 1.99. The Balaban J connectivity index is 2.45. The van der Waals surface area contributed by atoms with E-state index < -0.39 is 11.6 Å². The summed E-state index contributed by atoms with van der Waals surface area (Å²) in [5.41, 5.74) is 2.79. The van der Waals surface area contributed by atoms with Crippen LogP contribution in [0.5, 0.6) is 0 Å². The van der Waals surface area contributed by atoms with Crippen LogP contribution in [0.1, 0.15) is 22.7 Å². The van der Waals surface area contributed by atoms with Crippen molar-refractivity contribution >= 4 is 11.3 Å². The molecule has 1 atom stereocenters. The van der Waals surface area contributed by atoms with E-state index in [2.05, 4.69) is 5.32 Å². The van der Waals surface area contributed by atoms with Gasteiger partial charge in [0.1, 0.15) is 11.6 Å². The molecule has 90 valence electrons. The van der Waals surface area contributed by atoms with Gasteiger partial charge in [0.2, 0.25) is 0 Å². The lowest BCUT2D eigenvalue weighted by molar-refractivity contribution is 0.571. The molecule has 2 aromatic rings. The summed E-state index contributed by atoms with van der Waals surface area (Å²) >= 11 is 1.59. The van der Waals surface area contributed by atoms with Crippen molar-refractivity contribution in [1.29, 1.82) is 0 Å². The summed E-state index contributed by atoms with van der Waals surface area (Å²) in [6, 6.07) is 3.44. The van der Waals surface area contributed by atoms with E-state index in [4.69, 9.17) is 0 Å². The summed E-state index contributed by atoms with van der Waals surface area (Å²) < 4.78 is 26.4. The molecule has 0 aliphatic heterocycles. The van der Waals surface area contributed by atoms with E-state index in [9.17, 15) is 8.78 Å². The highest BCUT2D eigenvalue weighted by Crippen LogP contribution is 2.28. The molecular formula is C13H13F2NS. The molecule has 17 heavy (non-hydrogen) atoms. The van der Waals surface area contributed by atoms with Gasteiger partial charge in [-0.15, -0.1) is 0 Å². The minimum absolute atomic E-state index is 0.175. The lowest BCUT2D eigenvalue weighted by Crippen LogP contribution is -2.18. The first-order valence-corrected chi connectivity index (χ1v) is 6.22. The highest BCUT2D eigenvalue weighted by molar-refractivity contribution is 7.08. The first-order chi connectivity index (χ1) is 8.11. The maximum Gasteiger partial charge on any atom is 0.126 e. The van der Waals surface area contributed by atoms with Crippen molar-refractivity contribution in [1.82, 2.24) is 5.32 Å². The quantitative estimate of drug-likeness (QED) is 0.880. The molecule has 0 saturated heterocycles. The normalized spacial score (nSPS) is 12.7. The SMILES string of the molecule is CNC(c1cc(F)cc(F)c1)c1cscc1C. The Morgan fingerprint density at radius 1 is 1.12 bits per heavy atom. The number of nitrogens with one attached hydrogen (secondary N) is 1.